The van der Waals surface area contributed by atoms with Crippen molar-refractivity contribution in [1.29, 1.82) is 0 Å². The minimum atomic E-state index is -0.173. The van der Waals surface area contributed by atoms with E-state index < -0.39 is 0 Å². The van der Waals surface area contributed by atoms with E-state index in [1.54, 1.807) is 19.1 Å². The number of thiophene rings is 1. The lowest BCUT2D eigenvalue weighted by atomic mass is 9.85. The topological polar surface area (TPSA) is 89.6 Å². The number of nitrogen functional groups attached to an aromatic ring is 1. The highest BCUT2D eigenvalue weighted by Crippen LogP contribution is 2.39. The summed E-state index contributed by atoms with van der Waals surface area (Å²) in [7, 11) is 3.34. The van der Waals surface area contributed by atoms with Crippen LogP contribution in [0.2, 0.25) is 0 Å². The predicted octanol–water partition coefficient (Wildman–Crippen LogP) is 4.72. The number of carbonyl (C=O) groups excluding carboxylic acids is 1. The minimum Gasteiger partial charge on any atom is -0.493 e. The third-order valence-corrected chi connectivity index (χ3v) is 8.27. The van der Waals surface area contributed by atoms with E-state index in [0.29, 0.717) is 45.5 Å². The van der Waals surface area contributed by atoms with E-state index in [1.165, 1.54) is 17.8 Å². The third kappa shape index (κ3) is 5.20. The molecule has 0 radical (unpaired) electrons. The van der Waals surface area contributed by atoms with Gasteiger partial charge in [0.25, 0.3) is 5.91 Å². The average Bonchev–Trinajstić information content (AvgIpc) is 3.53. The molecule has 1 spiro atoms. The van der Waals surface area contributed by atoms with Crippen LogP contribution >= 0.6 is 11.3 Å². The Morgan fingerprint density at radius 2 is 2.00 bits per heavy atom. The van der Waals surface area contributed by atoms with Crippen LogP contribution in [0.1, 0.15) is 16.1 Å². The lowest BCUT2D eigenvalue weighted by molar-refractivity contribution is -0.105. The summed E-state index contributed by atoms with van der Waals surface area (Å²) in [4.78, 5) is 23.0. The molecule has 1 aromatic heterocycles. The maximum Gasteiger partial charge on any atom is 0.270 e. The fourth-order valence-electron chi connectivity index (χ4n) is 4.83. The first-order chi connectivity index (χ1) is 17.9. The molecule has 0 saturated carbocycles. The first-order valence-electron chi connectivity index (χ1n) is 12.3. The predicted molar refractivity (Wildman–Crippen MR) is 149 cm³/mol. The molecule has 9 heteroatoms. The number of hydrogen-bond donors (Lipinski definition) is 1. The van der Waals surface area contributed by atoms with Crippen LogP contribution in [-0.2, 0) is 4.74 Å². The number of anilines is 2. The van der Waals surface area contributed by atoms with Crippen LogP contribution in [0.5, 0.6) is 11.5 Å². The van der Waals surface area contributed by atoms with Gasteiger partial charge in [0.05, 0.1) is 26.0 Å². The van der Waals surface area contributed by atoms with Crippen molar-refractivity contribution in [3.05, 3.63) is 53.4 Å². The summed E-state index contributed by atoms with van der Waals surface area (Å²) in [5, 5.41) is 0. The van der Waals surface area contributed by atoms with Gasteiger partial charge in [-0.3, -0.25) is 14.7 Å². The Hall–Kier alpha value is -3.40. The maximum atomic E-state index is 13.5. The van der Waals surface area contributed by atoms with Crippen molar-refractivity contribution in [1.82, 2.24) is 4.90 Å². The van der Waals surface area contributed by atoms with Gasteiger partial charge in [0.1, 0.15) is 11.5 Å². The zero-order chi connectivity index (χ0) is 26.0. The largest absolute Gasteiger partial charge is 0.493 e. The van der Waals surface area contributed by atoms with Crippen molar-refractivity contribution < 1.29 is 19.0 Å². The summed E-state index contributed by atoms with van der Waals surface area (Å²) in [5.74, 6) is 1.06. The van der Waals surface area contributed by atoms with Crippen LogP contribution in [0.25, 0.3) is 10.4 Å². The van der Waals surface area contributed by atoms with Crippen LogP contribution in [0.3, 0.4) is 0 Å². The molecule has 2 aliphatic heterocycles. The Kier molecular flexibility index (Phi) is 7.19. The van der Waals surface area contributed by atoms with E-state index in [0.717, 1.165) is 43.3 Å². The van der Waals surface area contributed by atoms with Gasteiger partial charge in [-0.2, -0.15) is 0 Å². The molecule has 2 aliphatic rings. The second-order valence-electron chi connectivity index (χ2n) is 9.67. The molecule has 5 rings (SSSR count). The number of nitrogens with two attached hydrogens (primary N) is 1. The lowest BCUT2D eigenvalue weighted by Gasteiger charge is -2.37. The molecule has 1 amide bonds. The number of carbonyl (C=O) groups is 1. The summed E-state index contributed by atoms with van der Waals surface area (Å²) in [6.45, 7) is 9.00. The summed E-state index contributed by atoms with van der Waals surface area (Å²) in [6.07, 6.45) is 1.19. The van der Waals surface area contributed by atoms with Gasteiger partial charge in [0.2, 0.25) is 0 Å². The van der Waals surface area contributed by atoms with Crippen molar-refractivity contribution in [2.75, 3.05) is 64.2 Å². The van der Waals surface area contributed by atoms with Gasteiger partial charge in [0, 0.05) is 47.9 Å². The standard InChI is InChI=1S/C28H32N4O4S/c1-30-22-15-25(19-4-6-20(29)7-5-19)37-26(22)27(33)31(2)21-8-9-23(24(14-21)34-3)36-13-12-32-11-10-28(16-32)17-35-18-28/h4-9,14-15H,1,10-13,16-18,29H2,2-3H3. The number of amides is 1. The second kappa shape index (κ2) is 10.5. The molecule has 0 aliphatic carbocycles. The molecule has 0 unspecified atom stereocenters. The molecule has 3 aromatic rings. The van der Waals surface area contributed by atoms with Gasteiger partial charge in [-0.05, 0) is 55.6 Å². The molecule has 2 fully saturated rings. The SMILES string of the molecule is C=Nc1cc(-c2ccc(N)cc2)sc1C(=O)N(C)c1ccc(OCCN2CCC3(COC3)C2)c(OC)c1. The number of benzene rings is 2. The Morgan fingerprint density at radius 1 is 1.22 bits per heavy atom. The fourth-order valence-corrected chi connectivity index (χ4v) is 5.92. The maximum absolute atomic E-state index is 13.5. The van der Waals surface area contributed by atoms with E-state index in [4.69, 9.17) is 19.9 Å². The highest BCUT2D eigenvalue weighted by molar-refractivity contribution is 7.18. The van der Waals surface area contributed by atoms with E-state index >= 15 is 0 Å². The molecule has 2 saturated heterocycles. The summed E-state index contributed by atoms with van der Waals surface area (Å²) in [6, 6.07) is 14.9. The van der Waals surface area contributed by atoms with Crippen LogP contribution < -0.4 is 20.1 Å². The molecule has 2 aromatic carbocycles. The number of rotatable bonds is 9. The number of aliphatic imine (C=N–C) groups is 1. The van der Waals surface area contributed by atoms with Gasteiger partial charge >= 0.3 is 0 Å². The second-order valence-corrected chi connectivity index (χ2v) is 10.7. The molecule has 8 nitrogen and oxygen atoms in total. The number of nitrogens with zero attached hydrogens (tertiary/aromatic N) is 3. The molecule has 0 bridgehead atoms. The van der Waals surface area contributed by atoms with Gasteiger partial charge in [-0.1, -0.05) is 12.1 Å². The fraction of sp³-hybridized carbons (Fsp3) is 0.357. The first-order valence-corrected chi connectivity index (χ1v) is 13.1. The Bertz CT molecular complexity index is 1290. The number of hydrogen-bond acceptors (Lipinski definition) is 8. The summed E-state index contributed by atoms with van der Waals surface area (Å²) < 4.78 is 17.1. The van der Waals surface area contributed by atoms with Crippen LogP contribution in [-0.4, -0.2) is 71.1 Å². The summed E-state index contributed by atoms with van der Waals surface area (Å²) >= 11 is 1.38. The number of likely N-dealkylation sites (tertiary alicyclic amines) is 1. The first kappa shape index (κ1) is 25.3. The average molecular weight is 521 g/mol. The molecule has 0 atom stereocenters. The molecule has 37 heavy (non-hydrogen) atoms. The molecular weight excluding hydrogens is 488 g/mol. The normalized spacial score (nSPS) is 16.4. The van der Waals surface area contributed by atoms with Crippen LogP contribution in [0.4, 0.5) is 17.1 Å². The van der Waals surface area contributed by atoms with Crippen molar-refractivity contribution in [2.45, 2.75) is 6.42 Å². The lowest BCUT2D eigenvalue weighted by Crippen LogP contribution is -2.44. The van der Waals surface area contributed by atoms with E-state index in [1.807, 2.05) is 48.5 Å². The Balaban J connectivity index is 1.26. The monoisotopic (exact) mass is 520 g/mol. The van der Waals surface area contributed by atoms with Gasteiger partial charge in [-0.25, -0.2) is 0 Å². The van der Waals surface area contributed by atoms with Crippen LogP contribution in [0.15, 0.2) is 53.5 Å². The van der Waals surface area contributed by atoms with Crippen molar-refractivity contribution in [3.63, 3.8) is 0 Å². The van der Waals surface area contributed by atoms with Crippen molar-refractivity contribution in [2.24, 2.45) is 10.4 Å². The molecular formula is C28H32N4O4S. The number of methoxy groups -OCH3 is 1. The Labute approximate surface area is 221 Å². The zero-order valence-corrected chi connectivity index (χ0v) is 22.1. The highest BCUT2D eigenvalue weighted by atomic mass is 32.1. The van der Waals surface area contributed by atoms with Gasteiger partial charge in [-0.15, -0.1) is 11.3 Å². The van der Waals surface area contributed by atoms with Gasteiger partial charge in [0.15, 0.2) is 11.5 Å². The third-order valence-electron chi connectivity index (χ3n) is 7.11. The minimum absolute atomic E-state index is 0.173. The molecule has 3 heterocycles. The van der Waals surface area contributed by atoms with Gasteiger partial charge < -0.3 is 24.8 Å². The van der Waals surface area contributed by atoms with Crippen molar-refractivity contribution in [3.8, 4) is 21.9 Å². The van der Waals surface area contributed by atoms with Crippen LogP contribution in [0, 0.1) is 5.41 Å². The highest BCUT2D eigenvalue weighted by Gasteiger charge is 2.44. The van der Waals surface area contributed by atoms with E-state index in [2.05, 4.69) is 16.6 Å². The van der Waals surface area contributed by atoms with E-state index in [9.17, 15) is 4.79 Å². The van der Waals surface area contributed by atoms with Crippen molar-refractivity contribution >= 4 is 41.0 Å². The quantitative estimate of drug-likeness (QED) is 0.325. The smallest absolute Gasteiger partial charge is 0.270 e. The molecule has 2 N–H and O–H groups in total. The van der Waals surface area contributed by atoms with E-state index in [-0.39, 0.29) is 5.91 Å². The summed E-state index contributed by atoms with van der Waals surface area (Å²) in [5.41, 5.74) is 9.09. The molecule has 194 valence electrons. The zero-order valence-electron chi connectivity index (χ0n) is 21.2. The Morgan fingerprint density at radius 3 is 2.65 bits per heavy atom. The number of ether oxygens (including phenoxy) is 3.